The molecular weight excluding hydrogens is 882 g/mol. The Morgan fingerprint density at radius 3 is 1.40 bits per heavy atom. The number of hydrogen-bond acceptors (Lipinski definition) is 13. The fourth-order valence-corrected chi connectivity index (χ4v) is 8.68. The van der Waals surface area contributed by atoms with E-state index < -0.39 is 83.5 Å². The number of ether oxygens (including phenoxy) is 2. The molecule has 0 aliphatic heterocycles. The number of hydrogen-bond donors (Lipinski definition) is 7. The summed E-state index contributed by atoms with van der Waals surface area (Å²) in [5.41, 5.74) is 0. The number of allylic oxidation sites excluding steroid dienone is 8. The summed E-state index contributed by atoms with van der Waals surface area (Å²) in [5.74, 6) is -1.27. The van der Waals surface area contributed by atoms with E-state index in [0.717, 1.165) is 51.4 Å². The van der Waals surface area contributed by atoms with Gasteiger partial charge in [-0.3, -0.25) is 23.2 Å². The van der Waals surface area contributed by atoms with E-state index in [4.69, 9.17) is 18.5 Å². The summed E-state index contributed by atoms with van der Waals surface area (Å²) in [6, 6.07) is 0. The third kappa shape index (κ3) is 32.4. The van der Waals surface area contributed by atoms with E-state index >= 15 is 0 Å². The van der Waals surface area contributed by atoms with Gasteiger partial charge in [0.25, 0.3) is 0 Å². The molecule has 1 aliphatic carbocycles. The predicted octanol–water partition coefficient (Wildman–Crippen LogP) is 9.29. The van der Waals surface area contributed by atoms with Crippen LogP contribution in [0, 0.1) is 0 Å². The number of phosphoric acid groups is 2. The molecule has 0 saturated heterocycles. The van der Waals surface area contributed by atoms with Crippen LogP contribution in [-0.4, -0.2) is 103 Å². The SMILES string of the molecule is CCCCC/C=C\C/C=C\C/C=C\C/C=C\CCCC(=O)O[C@H](COC(=O)CCCCCCCCCCCCCCCCC)COP(=O)(O)O[C@H]1C(O)[C@@H](OP(=O)(O)O)[C@H](O)C(O)[C@H]1O. The lowest BCUT2D eigenvalue weighted by molar-refractivity contribution is -0.216. The lowest BCUT2D eigenvalue weighted by atomic mass is 9.85. The highest BCUT2D eigenvalue weighted by Crippen LogP contribution is 2.49. The first-order valence-electron chi connectivity index (χ1n) is 24.2. The van der Waals surface area contributed by atoms with Crippen LogP contribution in [0.15, 0.2) is 48.6 Å². The molecule has 1 saturated carbocycles. The van der Waals surface area contributed by atoms with Crippen molar-refractivity contribution in [2.45, 2.75) is 224 Å². The van der Waals surface area contributed by atoms with E-state index in [2.05, 4.69) is 54.8 Å². The molecule has 0 heterocycles. The van der Waals surface area contributed by atoms with Crippen LogP contribution in [-0.2, 0) is 41.8 Å². The molecule has 0 aromatic carbocycles. The molecule has 0 aromatic rings. The number of carbonyl (C=O) groups excluding carboxylic acids is 2. The first-order valence-corrected chi connectivity index (χ1v) is 27.2. The van der Waals surface area contributed by atoms with Gasteiger partial charge >= 0.3 is 27.6 Å². The summed E-state index contributed by atoms with van der Waals surface area (Å²) in [5, 5.41) is 41.2. The molecule has 0 spiro atoms. The van der Waals surface area contributed by atoms with Gasteiger partial charge in [-0.05, 0) is 51.4 Å². The molecule has 0 bridgehead atoms. The summed E-state index contributed by atoms with van der Waals surface area (Å²) < 4.78 is 49.3. The van der Waals surface area contributed by atoms with Crippen LogP contribution in [0.4, 0.5) is 0 Å². The third-order valence-electron chi connectivity index (χ3n) is 10.9. The number of phosphoric ester groups is 2. The van der Waals surface area contributed by atoms with Crippen molar-refractivity contribution in [2.24, 2.45) is 0 Å². The normalized spacial score (nSPS) is 22.0. The van der Waals surface area contributed by atoms with Crippen LogP contribution < -0.4 is 0 Å². The quantitative estimate of drug-likeness (QED) is 0.0131. The molecule has 8 atom stereocenters. The second kappa shape index (κ2) is 37.9. The minimum Gasteiger partial charge on any atom is -0.462 e. The predicted molar refractivity (Wildman–Crippen MR) is 250 cm³/mol. The Morgan fingerprint density at radius 2 is 0.908 bits per heavy atom. The van der Waals surface area contributed by atoms with Gasteiger partial charge in [0, 0.05) is 12.8 Å². The Bertz CT molecular complexity index is 1450. The summed E-state index contributed by atoms with van der Waals surface area (Å²) >= 11 is 0. The molecule has 65 heavy (non-hydrogen) atoms. The maximum Gasteiger partial charge on any atom is 0.472 e. The highest BCUT2D eigenvalue weighted by atomic mass is 31.2. The number of aliphatic hydroxyl groups excluding tert-OH is 4. The van der Waals surface area contributed by atoms with E-state index in [1.54, 1.807) is 0 Å². The highest BCUT2D eigenvalue weighted by molar-refractivity contribution is 7.47. The van der Waals surface area contributed by atoms with Gasteiger partial charge in [-0.25, -0.2) is 9.13 Å². The minimum atomic E-state index is -5.37. The van der Waals surface area contributed by atoms with Crippen LogP contribution >= 0.6 is 15.6 Å². The largest absolute Gasteiger partial charge is 0.472 e. The summed E-state index contributed by atoms with van der Waals surface area (Å²) in [6.07, 6.45) is 27.9. The van der Waals surface area contributed by atoms with E-state index in [1.165, 1.54) is 83.5 Å². The van der Waals surface area contributed by atoms with Crippen molar-refractivity contribution in [3.05, 3.63) is 48.6 Å². The molecule has 0 amide bonds. The second-order valence-corrected chi connectivity index (χ2v) is 19.4. The lowest BCUT2D eigenvalue weighted by Gasteiger charge is -2.43. The lowest BCUT2D eigenvalue weighted by Crippen LogP contribution is -2.64. The van der Waals surface area contributed by atoms with Gasteiger partial charge in [0.15, 0.2) is 6.10 Å². The molecule has 0 aromatic heterocycles. The van der Waals surface area contributed by atoms with Gasteiger partial charge in [-0.15, -0.1) is 0 Å². The number of unbranched alkanes of at least 4 members (excludes halogenated alkanes) is 18. The van der Waals surface area contributed by atoms with E-state index in [9.17, 15) is 53.8 Å². The zero-order chi connectivity index (χ0) is 48.2. The zero-order valence-electron chi connectivity index (χ0n) is 39.2. The van der Waals surface area contributed by atoms with Gasteiger partial charge in [0.1, 0.15) is 43.2 Å². The fourth-order valence-electron chi connectivity index (χ4n) is 7.14. The Labute approximate surface area is 388 Å². The average Bonchev–Trinajstić information content (AvgIpc) is 3.26. The van der Waals surface area contributed by atoms with Gasteiger partial charge in [0.2, 0.25) is 0 Å². The third-order valence-corrected chi connectivity index (χ3v) is 12.4. The summed E-state index contributed by atoms with van der Waals surface area (Å²) in [4.78, 5) is 54.3. The van der Waals surface area contributed by atoms with Gasteiger partial charge < -0.3 is 44.6 Å². The van der Waals surface area contributed by atoms with Crippen molar-refractivity contribution in [2.75, 3.05) is 13.2 Å². The topological polar surface area (TPSA) is 256 Å². The van der Waals surface area contributed by atoms with Crippen LogP contribution in [0.25, 0.3) is 0 Å². The molecular formula is C47H84O16P2. The molecule has 1 rings (SSSR count). The number of esters is 2. The molecule has 378 valence electrons. The van der Waals surface area contributed by atoms with E-state index in [0.29, 0.717) is 19.3 Å². The van der Waals surface area contributed by atoms with Gasteiger partial charge in [-0.1, -0.05) is 165 Å². The number of rotatable bonds is 40. The monoisotopic (exact) mass is 967 g/mol. The Morgan fingerprint density at radius 1 is 0.492 bits per heavy atom. The molecule has 0 radical (unpaired) electrons. The molecule has 1 aliphatic rings. The van der Waals surface area contributed by atoms with E-state index in [-0.39, 0.29) is 12.8 Å². The maximum absolute atomic E-state index is 13.0. The Balaban J connectivity index is 2.63. The van der Waals surface area contributed by atoms with Crippen LogP contribution in [0.2, 0.25) is 0 Å². The van der Waals surface area contributed by atoms with Gasteiger partial charge in [-0.2, -0.15) is 0 Å². The Hall–Kier alpha value is -2.04. The standard InChI is InChI=1S/C47H84O16P2/c1-3-5-7-9-11-13-15-17-19-20-22-24-26-28-30-32-34-36-41(49)61-39(37-59-40(48)35-33-31-29-27-25-23-21-18-16-14-12-10-8-6-4-2)38-60-65(57,58)63-47-44(52)42(50)43(51)46(45(47)53)62-64(54,55)56/h11,13,17,19,22,24,28,30,39,42-47,50-53H,3-10,12,14-16,18,20-21,23,25-27,29,31-38H2,1-2H3,(H,57,58)(H2,54,55,56)/b13-11-,19-17-,24-22-,30-28-/t39-,42?,43-,44-,45?,46+,47-/m1/s1. The van der Waals surface area contributed by atoms with Crippen molar-refractivity contribution in [3.63, 3.8) is 0 Å². The highest BCUT2D eigenvalue weighted by Gasteiger charge is 2.54. The van der Waals surface area contributed by atoms with Crippen molar-refractivity contribution >= 4 is 27.6 Å². The average molecular weight is 967 g/mol. The van der Waals surface area contributed by atoms with Crippen molar-refractivity contribution in [3.8, 4) is 0 Å². The van der Waals surface area contributed by atoms with Crippen molar-refractivity contribution in [1.82, 2.24) is 0 Å². The molecule has 16 nitrogen and oxygen atoms in total. The second-order valence-electron chi connectivity index (χ2n) is 16.8. The summed E-state index contributed by atoms with van der Waals surface area (Å²) in [7, 11) is -10.7. The molecule has 3 unspecified atom stereocenters. The smallest absolute Gasteiger partial charge is 0.462 e. The Kier molecular flexibility index (Phi) is 35.5. The van der Waals surface area contributed by atoms with E-state index in [1.807, 2.05) is 12.2 Å². The first kappa shape index (κ1) is 61.0. The molecule has 18 heteroatoms. The number of carbonyl (C=O) groups is 2. The van der Waals surface area contributed by atoms with Crippen LogP contribution in [0.5, 0.6) is 0 Å². The van der Waals surface area contributed by atoms with Gasteiger partial charge in [0.05, 0.1) is 6.61 Å². The number of aliphatic hydroxyl groups is 4. The van der Waals surface area contributed by atoms with Crippen LogP contribution in [0.3, 0.4) is 0 Å². The van der Waals surface area contributed by atoms with Crippen LogP contribution in [0.1, 0.15) is 181 Å². The maximum atomic E-state index is 13.0. The zero-order valence-corrected chi connectivity index (χ0v) is 40.9. The van der Waals surface area contributed by atoms with Crippen molar-refractivity contribution in [1.29, 1.82) is 0 Å². The fraction of sp³-hybridized carbons (Fsp3) is 0.787. The summed E-state index contributed by atoms with van der Waals surface area (Å²) in [6.45, 7) is 3.04. The first-order chi connectivity index (χ1) is 31.1. The molecule has 1 fully saturated rings. The molecule has 7 N–H and O–H groups in total. The minimum absolute atomic E-state index is 0.0312. The van der Waals surface area contributed by atoms with Crippen molar-refractivity contribution < 1.29 is 76.9 Å².